The molecule has 0 spiro atoms. The molecule has 1 atom stereocenters. The molecule has 0 saturated heterocycles. The molecule has 3 rings (SSSR count). The number of benzene rings is 3. The summed E-state index contributed by atoms with van der Waals surface area (Å²) in [7, 11) is 0. The molecule has 8 nitrogen and oxygen atoms in total. The van der Waals surface area contributed by atoms with Gasteiger partial charge in [-0.1, -0.05) is 18.2 Å². The lowest BCUT2D eigenvalue weighted by Gasteiger charge is -2.14. The zero-order chi connectivity index (χ0) is 23.5. The average Bonchev–Trinajstić information content (AvgIpc) is 2.84. The number of phenols is 1. The van der Waals surface area contributed by atoms with Gasteiger partial charge in [-0.05, 0) is 72.6 Å². The lowest BCUT2D eigenvalue weighted by atomic mass is 10.1. The molecule has 174 valence electrons. The summed E-state index contributed by atoms with van der Waals surface area (Å²) in [5, 5.41) is 25.7. The predicted octanol–water partition coefficient (Wildman–Crippen LogP) is 2.96. The largest absolute Gasteiger partial charge is 0.506 e. The number of ether oxygens (including phenoxy) is 2. The number of phenolic OH excluding ortho intramolecular Hbond substituents is 1. The Balaban J connectivity index is 1.42. The van der Waals surface area contributed by atoms with Gasteiger partial charge in [-0.3, -0.25) is 4.79 Å². The van der Waals surface area contributed by atoms with E-state index in [0.717, 1.165) is 29.2 Å². The number of aromatic hydroxyl groups is 1. The molecule has 3 aromatic rings. The van der Waals surface area contributed by atoms with Crippen LogP contribution in [0.1, 0.15) is 17.2 Å². The minimum atomic E-state index is -0.763. The van der Waals surface area contributed by atoms with Crippen molar-refractivity contribution in [2.45, 2.75) is 12.5 Å². The summed E-state index contributed by atoms with van der Waals surface area (Å²) in [5.74, 6) is 2.17. The van der Waals surface area contributed by atoms with Gasteiger partial charge < -0.3 is 36.1 Å². The van der Waals surface area contributed by atoms with Crippen LogP contribution in [0.25, 0.3) is 0 Å². The molecule has 6 N–H and O–H groups in total. The first-order valence-electron chi connectivity index (χ1n) is 10.7. The molecule has 0 aliphatic carbocycles. The number of carbonyl (C=O) groups excluding carboxylic acids is 1. The molecule has 0 aliphatic rings. The molecule has 0 fully saturated rings. The Hall–Kier alpha value is -3.59. The third-order valence-corrected chi connectivity index (χ3v) is 4.92. The molecule has 0 bridgehead atoms. The Bertz CT molecular complexity index is 1010. The first-order chi connectivity index (χ1) is 16.1. The van der Waals surface area contributed by atoms with E-state index in [1.54, 1.807) is 12.1 Å². The molecule has 0 saturated carbocycles. The Morgan fingerprint density at radius 1 is 0.970 bits per heavy atom. The van der Waals surface area contributed by atoms with Crippen molar-refractivity contribution in [3.63, 3.8) is 0 Å². The van der Waals surface area contributed by atoms with E-state index >= 15 is 0 Å². The van der Waals surface area contributed by atoms with Crippen molar-refractivity contribution in [2.75, 3.05) is 31.6 Å². The fraction of sp³-hybridized carbons (Fsp3) is 0.240. The molecule has 33 heavy (non-hydrogen) atoms. The summed E-state index contributed by atoms with van der Waals surface area (Å²) in [5.41, 5.74) is 7.43. The van der Waals surface area contributed by atoms with Crippen LogP contribution >= 0.6 is 0 Å². The summed E-state index contributed by atoms with van der Waals surface area (Å²) in [6, 6.07) is 19.8. The Morgan fingerprint density at radius 3 is 2.30 bits per heavy atom. The second-order valence-corrected chi connectivity index (χ2v) is 7.36. The van der Waals surface area contributed by atoms with Gasteiger partial charge in [0.15, 0.2) is 0 Å². The van der Waals surface area contributed by atoms with Crippen molar-refractivity contribution < 1.29 is 24.5 Å². The van der Waals surface area contributed by atoms with Gasteiger partial charge in [0.25, 0.3) is 0 Å². The zero-order valence-corrected chi connectivity index (χ0v) is 18.2. The molecule has 8 heteroatoms. The molecule has 3 aromatic carbocycles. The topological polar surface area (TPSA) is 126 Å². The van der Waals surface area contributed by atoms with Gasteiger partial charge in [-0.2, -0.15) is 0 Å². The number of amides is 1. The highest BCUT2D eigenvalue weighted by atomic mass is 16.5. The van der Waals surface area contributed by atoms with E-state index in [9.17, 15) is 15.0 Å². The third kappa shape index (κ3) is 7.50. The highest BCUT2D eigenvalue weighted by molar-refractivity contribution is 5.75. The van der Waals surface area contributed by atoms with Crippen LogP contribution in [0.3, 0.4) is 0 Å². The number of carbonyl (C=O) groups is 1. The SMILES string of the molecule is NCCOc1ccc(Oc2ccc(CCNCC(O)c3ccc(O)c(NC=O)c3)cc2)cc1. The highest BCUT2D eigenvalue weighted by Crippen LogP contribution is 2.27. The lowest BCUT2D eigenvalue weighted by Crippen LogP contribution is -2.23. The normalized spacial score (nSPS) is 11.6. The van der Waals surface area contributed by atoms with Crippen molar-refractivity contribution in [3.8, 4) is 23.0 Å². The third-order valence-electron chi connectivity index (χ3n) is 4.92. The van der Waals surface area contributed by atoms with Gasteiger partial charge in [0.2, 0.25) is 6.41 Å². The number of rotatable bonds is 13. The second kappa shape index (κ2) is 12.4. The summed E-state index contributed by atoms with van der Waals surface area (Å²) < 4.78 is 11.3. The van der Waals surface area contributed by atoms with Gasteiger partial charge in [0.05, 0.1) is 11.8 Å². The van der Waals surface area contributed by atoms with Gasteiger partial charge in [0, 0.05) is 13.1 Å². The highest BCUT2D eigenvalue weighted by Gasteiger charge is 2.10. The number of anilines is 1. The first kappa shape index (κ1) is 24.1. The van der Waals surface area contributed by atoms with Crippen molar-refractivity contribution in [3.05, 3.63) is 77.9 Å². The van der Waals surface area contributed by atoms with Crippen molar-refractivity contribution in [1.29, 1.82) is 0 Å². The van der Waals surface area contributed by atoms with Gasteiger partial charge in [0.1, 0.15) is 29.6 Å². The smallest absolute Gasteiger partial charge is 0.211 e. The predicted molar refractivity (Wildman–Crippen MR) is 127 cm³/mol. The van der Waals surface area contributed by atoms with Crippen LogP contribution in [-0.4, -0.2) is 42.9 Å². The molecular formula is C25H29N3O5. The van der Waals surface area contributed by atoms with Gasteiger partial charge in [-0.15, -0.1) is 0 Å². The van der Waals surface area contributed by atoms with Crippen LogP contribution < -0.4 is 25.8 Å². The van der Waals surface area contributed by atoms with E-state index in [0.29, 0.717) is 38.2 Å². The van der Waals surface area contributed by atoms with Gasteiger partial charge >= 0.3 is 0 Å². The maximum absolute atomic E-state index is 10.6. The zero-order valence-electron chi connectivity index (χ0n) is 18.2. The van der Waals surface area contributed by atoms with E-state index in [2.05, 4.69) is 10.6 Å². The maximum Gasteiger partial charge on any atom is 0.211 e. The van der Waals surface area contributed by atoms with Crippen LogP contribution in [-0.2, 0) is 11.2 Å². The van der Waals surface area contributed by atoms with Crippen LogP contribution in [0.4, 0.5) is 5.69 Å². The number of aliphatic hydroxyl groups is 1. The van der Waals surface area contributed by atoms with Crippen LogP contribution in [0, 0.1) is 0 Å². The number of hydrogen-bond acceptors (Lipinski definition) is 7. The van der Waals surface area contributed by atoms with E-state index in [4.69, 9.17) is 15.2 Å². The van der Waals surface area contributed by atoms with Crippen LogP contribution in [0.5, 0.6) is 23.0 Å². The number of nitrogens with two attached hydrogens (primary N) is 1. The molecule has 0 aromatic heterocycles. The lowest BCUT2D eigenvalue weighted by molar-refractivity contribution is -0.105. The van der Waals surface area contributed by atoms with Crippen LogP contribution in [0.2, 0.25) is 0 Å². The standard InChI is InChI=1S/C25H29N3O5/c26-12-14-32-20-6-8-22(9-7-20)33-21-4-1-18(2-5-21)11-13-27-16-25(31)19-3-10-24(30)23(15-19)28-17-29/h1-10,15,17,25,27,30-31H,11-14,16,26H2,(H,28,29). The molecule has 0 aliphatic heterocycles. The quantitative estimate of drug-likeness (QED) is 0.154. The number of hydrogen-bond donors (Lipinski definition) is 5. The first-order valence-corrected chi connectivity index (χ1v) is 10.7. The fourth-order valence-corrected chi connectivity index (χ4v) is 3.17. The minimum Gasteiger partial charge on any atom is -0.506 e. The van der Waals surface area contributed by atoms with E-state index in [1.165, 1.54) is 6.07 Å². The summed E-state index contributed by atoms with van der Waals surface area (Å²) in [6.45, 7) is 1.98. The molecule has 0 radical (unpaired) electrons. The summed E-state index contributed by atoms with van der Waals surface area (Å²) >= 11 is 0. The summed E-state index contributed by atoms with van der Waals surface area (Å²) in [6.07, 6.45) is 0.503. The van der Waals surface area contributed by atoms with Crippen LogP contribution in [0.15, 0.2) is 66.7 Å². The Morgan fingerprint density at radius 2 is 1.64 bits per heavy atom. The summed E-state index contributed by atoms with van der Waals surface area (Å²) in [4.78, 5) is 10.6. The van der Waals surface area contributed by atoms with E-state index in [-0.39, 0.29) is 11.4 Å². The van der Waals surface area contributed by atoms with Crippen molar-refractivity contribution >= 4 is 12.1 Å². The number of aliphatic hydroxyl groups excluding tert-OH is 1. The Kier molecular flexibility index (Phi) is 9.08. The minimum absolute atomic E-state index is 0.0491. The molecule has 1 unspecified atom stereocenters. The van der Waals surface area contributed by atoms with E-state index in [1.807, 2.05) is 48.5 Å². The molecule has 0 heterocycles. The van der Waals surface area contributed by atoms with Crippen molar-refractivity contribution in [2.24, 2.45) is 5.73 Å². The monoisotopic (exact) mass is 451 g/mol. The Labute approximate surface area is 193 Å². The average molecular weight is 452 g/mol. The van der Waals surface area contributed by atoms with Crippen molar-refractivity contribution in [1.82, 2.24) is 5.32 Å². The molecular weight excluding hydrogens is 422 g/mol. The molecule has 1 amide bonds. The second-order valence-electron chi connectivity index (χ2n) is 7.36. The van der Waals surface area contributed by atoms with Gasteiger partial charge in [-0.25, -0.2) is 0 Å². The number of nitrogens with one attached hydrogen (secondary N) is 2. The maximum atomic E-state index is 10.6. The van der Waals surface area contributed by atoms with E-state index < -0.39 is 6.10 Å². The fourth-order valence-electron chi connectivity index (χ4n) is 3.17.